The number of carbonyl (C=O) groups is 1. The maximum Gasteiger partial charge on any atom is 0.258 e. The summed E-state index contributed by atoms with van der Waals surface area (Å²) in [7, 11) is 0. The summed E-state index contributed by atoms with van der Waals surface area (Å²) in [6.45, 7) is 4.17. The predicted molar refractivity (Wildman–Crippen MR) is 111 cm³/mol. The van der Waals surface area contributed by atoms with E-state index in [1.807, 2.05) is 12.1 Å². The zero-order chi connectivity index (χ0) is 19.8. The second kappa shape index (κ2) is 6.94. The Morgan fingerprint density at radius 3 is 2.46 bits per heavy atom. The quantitative estimate of drug-likeness (QED) is 0.501. The molecule has 0 spiro atoms. The second-order valence-corrected chi connectivity index (χ2v) is 7.33. The summed E-state index contributed by atoms with van der Waals surface area (Å²) in [5.41, 5.74) is 17.9. The van der Waals surface area contributed by atoms with Crippen LogP contribution in [0, 0.1) is 13.8 Å². The molecule has 0 saturated carbocycles. The van der Waals surface area contributed by atoms with Gasteiger partial charge in [-0.15, -0.1) is 0 Å². The van der Waals surface area contributed by atoms with Crippen molar-refractivity contribution in [2.45, 2.75) is 13.8 Å². The fourth-order valence-corrected chi connectivity index (χ4v) is 3.95. The van der Waals surface area contributed by atoms with E-state index in [2.05, 4.69) is 40.8 Å². The molecule has 0 atom stereocenters. The van der Waals surface area contributed by atoms with Crippen LogP contribution in [0.2, 0.25) is 0 Å². The first kappa shape index (κ1) is 17.9. The number of thiophene rings is 1. The minimum absolute atomic E-state index is 0.232. The van der Waals surface area contributed by atoms with Crippen molar-refractivity contribution in [3.05, 3.63) is 63.8 Å². The molecule has 0 fully saturated rings. The third-order valence-electron chi connectivity index (χ3n) is 4.62. The van der Waals surface area contributed by atoms with E-state index in [1.165, 1.54) is 16.7 Å². The summed E-state index contributed by atoms with van der Waals surface area (Å²) >= 11 is 1.69. The molecule has 0 bridgehead atoms. The molecule has 2 aromatic carbocycles. The molecule has 4 N–H and O–H groups in total. The lowest BCUT2D eigenvalue weighted by atomic mass is 9.98. The highest BCUT2D eigenvalue weighted by Crippen LogP contribution is 2.32. The minimum atomic E-state index is -0.599. The maximum absolute atomic E-state index is 11.5. The lowest BCUT2D eigenvalue weighted by Crippen LogP contribution is -2.13. The van der Waals surface area contributed by atoms with Crippen LogP contribution in [-0.2, 0) is 0 Å². The molecule has 7 heteroatoms. The van der Waals surface area contributed by atoms with Crippen LogP contribution in [0.1, 0.15) is 21.5 Å². The zero-order valence-corrected chi connectivity index (χ0v) is 16.2. The molecule has 0 aliphatic heterocycles. The zero-order valence-electron chi connectivity index (χ0n) is 15.4. The normalized spacial score (nSPS) is 10.9. The number of primary amides is 1. The number of aryl methyl sites for hydroxylation is 2. The summed E-state index contributed by atoms with van der Waals surface area (Å²) in [5, 5.41) is 8.32. The van der Waals surface area contributed by atoms with Gasteiger partial charge >= 0.3 is 0 Å². The van der Waals surface area contributed by atoms with Crippen LogP contribution >= 0.6 is 11.3 Å². The topological polar surface area (TPSA) is 108 Å². The Morgan fingerprint density at radius 2 is 1.79 bits per heavy atom. The molecular formula is C21H18N4O2S. The predicted octanol–water partition coefficient (Wildman–Crippen LogP) is 4.43. The molecule has 0 radical (unpaired) electrons. The standard InChI is InChI=1S/C21H18N4O2S/c1-11-7-14(3-5-15(11)17-10-28-9-12(17)2)21-24-20(25-27-21)13-4-6-18(22)16(8-13)19(23)26/h3-10H,22H2,1-2H3,(H2,23,26). The largest absolute Gasteiger partial charge is 0.398 e. The van der Waals surface area contributed by atoms with Gasteiger partial charge in [0.05, 0.1) is 5.56 Å². The van der Waals surface area contributed by atoms with Gasteiger partial charge in [0.1, 0.15) is 0 Å². The molecule has 6 nitrogen and oxygen atoms in total. The number of aromatic nitrogens is 2. The van der Waals surface area contributed by atoms with Crippen LogP contribution in [0.5, 0.6) is 0 Å². The Balaban J connectivity index is 1.69. The monoisotopic (exact) mass is 390 g/mol. The number of hydrogen-bond donors (Lipinski definition) is 2. The van der Waals surface area contributed by atoms with E-state index < -0.39 is 5.91 Å². The molecule has 2 heterocycles. The van der Waals surface area contributed by atoms with Crippen LogP contribution in [0.15, 0.2) is 51.7 Å². The number of nitrogen functional groups attached to an aromatic ring is 1. The Morgan fingerprint density at radius 1 is 1.00 bits per heavy atom. The lowest BCUT2D eigenvalue weighted by Gasteiger charge is -2.06. The van der Waals surface area contributed by atoms with Crippen LogP contribution in [0.3, 0.4) is 0 Å². The van der Waals surface area contributed by atoms with Gasteiger partial charge in [-0.05, 0) is 77.2 Å². The number of nitrogens with zero attached hydrogens (tertiary/aromatic N) is 2. The minimum Gasteiger partial charge on any atom is -0.398 e. The van der Waals surface area contributed by atoms with E-state index in [0.29, 0.717) is 23.0 Å². The van der Waals surface area contributed by atoms with Gasteiger partial charge in [0.15, 0.2) is 0 Å². The van der Waals surface area contributed by atoms with Gasteiger partial charge in [-0.2, -0.15) is 16.3 Å². The molecule has 2 aromatic heterocycles. The van der Waals surface area contributed by atoms with Gasteiger partial charge in [-0.3, -0.25) is 4.79 Å². The summed E-state index contributed by atoms with van der Waals surface area (Å²) in [4.78, 5) is 16.0. The number of benzene rings is 2. The van der Waals surface area contributed by atoms with Crippen LogP contribution in [0.25, 0.3) is 34.0 Å². The molecular weight excluding hydrogens is 372 g/mol. The molecule has 1 amide bonds. The van der Waals surface area contributed by atoms with Gasteiger partial charge in [0.25, 0.3) is 11.8 Å². The number of hydrogen-bond acceptors (Lipinski definition) is 6. The van der Waals surface area contributed by atoms with Crippen molar-refractivity contribution >= 4 is 22.9 Å². The Hall–Kier alpha value is -3.45. The van der Waals surface area contributed by atoms with E-state index in [9.17, 15) is 4.79 Å². The molecule has 140 valence electrons. The average molecular weight is 390 g/mol. The number of amides is 1. The molecule has 28 heavy (non-hydrogen) atoms. The van der Waals surface area contributed by atoms with Gasteiger partial charge in [0.2, 0.25) is 5.82 Å². The van der Waals surface area contributed by atoms with Crippen molar-refractivity contribution in [3.8, 4) is 34.0 Å². The van der Waals surface area contributed by atoms with E-state index in [0.717, 1.165) is 11.1 Å². The number of carbonyl (C=O) groups excluding carboxylic acids is 1. The summed E-state index contributed by atoms with van der Waals surface area (Å²) < 4.78 is 5.44. The van der Waals surface area contributed by atoms with Crippen molar-refractivity contribution in [2.75, 3.05) is 5.73 Å². The van der Waals surface area contributed by atoms with E-state index in [-0.39, 0.29) is 5.56 Å². The van der Waals surface area contributed by atoms with Crippen molar-refractivity contribution in [3.63, 3.8) is 0 Å². The highest BCUT2D eigenvalue weighted by molar-refractivity contribution is 7.08. The molecule has 4 rings (SSSR count). The highest BCUT2D eigenvalue weighted by atomic mass is 32.1. The van der Waals surface area contributed by atoms with Gasteiger partial charge in [-0.25, -0.2) is 0 Å². The van der Waals surface area contributed by atoms with Crippen LogP contribution in [0.4, 0.5) is 5.69 Å². The first-order chi connectivity index (χ1) is 13.4. The summed E-state index contributed by atoms with van der Waals surface area (Å²) in [6, 6.07) is 11.0. The van der Waals surface area contributed by atoms with Crippen LogP contribution < -0.4 is 11.5 Å². The smallest absolute Gasteiger partial charge is 0.258 e. The highest BCUT2D eigenvalue weighted by Gasteiger charge is 2.15. The summed E-state index contributed by atoms with van der Waals surface area (Å²) in [5.74, 6) is 0.176. The van der Waals surface area contributed by atoms with E-state index in [4.69, 9.17) is 16.0 Å². The first-order valence-electron chi connectivity index (χ1n) is 8.61. The van der Waals surface area contributed by atoms with Crippen molar-refractivity contribution in [1.82, 2.24) is 10.1 Å². The van der Waals surface area contributed by atoms with Crippen LogP contribution in [-0.4, -0.2) is 16.0 Å². The SMILES string of the molecule is Cc1cc(-c2nc(-c3ccc(N)c(C(N)=O)c3)no2)ccc1-c1cscc1C. The van der Waals surface area contributed by atoms with Crippen molar-refractivity contribution in [1.29, 1.82) is 0 Å². The van der Waals surface area contributed by atoms with Gasteiger partial charge < -0.3 is 16.0 Å². The number of rotatable bonds is 4. The molecule has 0 saturated heterocycles. The number of anilines is 1. The van der Waals surface area contributed by atoms with Crippen molar-refractivity contribution in [2.24, 2.45) is 5.73 Å². The third kappa shape index (κ3) is 3.16. The van der Waals surface area contributed by atoms with Gasteiger partial charge in [-0.1, -0.05) is 11.2 Å². The third-order valence-corrected chi connectivity index (χ3v) is 5.48. The number of nitrogens with two attached hydrogens (primary N) is 2. The first-order valence-corrected chi connectivity index (χ1v) is 9.56. The molecule has 0 aliphatic carbocycles. The van der Waals surface area contributed by atoms with Gasteiger partial charge in [0, 0.05) is 16.8 Å². The van der Waals surface area contributed by atoms with E-state index >= 15 is 0 Å². The molecule has 0 unspecified atom stereocenters. The fourth-order valence-electron chi connectivity index (χ4n) is 3.10. The maximum atomic E-state index is 11.5. The molecule has 0 aliphatic rings. The second-order valence-electron chi connectivity index (χ2n) is 6.59. The fraction of sp³-hybridized carbons (Fsp3) is 0.0952. The molecule has 4 aromatic rings. The Labute approximate surface area is 165 Å². The lowest BCUT2D eigenvalue weighted by molar-refractivity contribution is 0.100. The Kier molecular flexibility index (Phi) is 4.44. The summed E-state index contributed by atoms with van der Waals surface area (Å²) in [6.07, 6.45) is 0. The average Bonchev–Trinajstić information content (AvgIpc) is 3.31. The van der Waals surface area contributed by atoms with E-state index in [1.54, 1.807) is 29.5 Å². The van der Waals surface area contributed by atoms with Crippen molar-refractivity contribution < 1.29 is 9.32 Å². The Bertz CT molecular complexity index is 1190.